The van der Waals surface area contributed by atoms with Crippen molar-refractivity contribution in [2.75, 3.05) is 13.2 Å². The van der Waals surface area contributed by atoms with Crippen molar-refractivity contribution in [2.24, 2.45) is 5.14 Å². The Morgan fingerprint density at radius 2 is 1.95 bits per heavy atom. The molecule has 0 bridgehead atoms. The first-order valence-corrected chi connectivity index (χ1v) is 7.69. The normalized spacial score (nSPS) is 19.9. The van der Waals surface area contributed by atoms with Crippen LogP contribution < -0.4 is 9.88 Å². The Hall–Kier alpha value is -1.25. The second-order valence-corrected chi connectivity index (χ2v) is 6.12. The summed E-state index contributed by atoms with van der Waals surface area (Å²) in [6, 6.07) is 1.27. The molecule has 1 aromatic rings. The fourth-order valence-corrected chi connectivity index (χ4v) is 2.49. The molecule has 1 atom stereocenters. The molecule has 1 aromatic carbocycles. The van der Waals surface area contributed by atoms with Crippen LogP contribution in [0.25, 0.3) is 0 Å². The second-order valence-electron chi connectivity index (χ2n) is 4.56. The number of sulfonamides is 1. The van der Waals surface area contributed by atoms with Gasteiger partial charge in [-0.2, -0.15) is 0 Å². The molecule has 1 heterocycles. The van der Waals surface area contributed by atoms with Crippen LogP contribution in [0.2, 0.25) is 0 Å². The standard InChI is InChI=1S/C12H15F2NO4S/c13-10-5-9(20(15,16)17)6-11(14)12(10)19-7-8-3-1-2-4-18-8/h5-6,8H,1-4,7H2,(H2,15,16,17). The lowest BCUT2D eigenvalue weighted by molar-refractivity contribution is -0.0125. The van der Waals surface area contributed by atoms with E-state index < -0.39 is 32.3 Å². The van der Waals surface area contributed by atoms with Crippen LogP contribution in [0.3, 0.4) is 0 Å². The minimum Gasteiger partial charge on any atom is -0.485 e. The monoisotopic (exact) mass is 307 g/mol. The molecule has 1 aliphatic rings. The first-order chi connectivity index (χ1) is 9.38. The van der Waals surface area contributed by atoms with Crippen LogP contribution in [0, 0.1) is 11.6 Å². The maximum Gasteiger partial charge on any atom is 0.238 e. The number of benzene rings is 1. The van der Waals surface area contributed by atoms with Crippen molar-refractivity contribution in [3.63, 3.8) is 0 Å². The third-order valence-electron chi connectivity index (χ3n) is 2.99. The Balaban J connectivity index is 2.12. The van der Waals surface area contributed by atoms with E-state index in [1.54, 1.807) is 0 Å². The summed E-state index contributed by atoms with van der Waals surface area (Å²) in [6.45, 7) is 0.617. The largest absolute Gasteiger partial charge is 0.485 e. The summed E-state index contributed by atoms with van der Waals surface area (Å²) in [6.07, 6.45) is 2.49. The van der Waals surface area contributed by atoms with Crippen molar-refractivity contribution in [1.82, 2.24) is 0 Å². The van der Waals surface area contributed by atoms with E-state index in [-0.39, 0.29) is 12.7 Å². The second kappa shape index (κ2) is 6.02. The van der Waals surface area contributed by atoms with E-state index in [0.717, 1.165) is 19.3 Å². The zero-order chi connectivity index (χ0) is 14.8. The van der Waals surface area contributed by atoms with E-state index in [1.165, 1.54) is 0 Å². The molecule has 1 saturated heterocycles. The van der Waals surface area contributed by atoms with Gasteiger partial charge in [0.1, 0.15) is 6.61 Å². The summed E-state index contributed by atoms with van der Waals surface area (Å²) in [5.41, 5.74) is 0. The van der Waals surface area contributed by atoms with Gasteiger partial charge in [-0.15, -0.1) is 0 Å². The summed E-state index contributed by atoms with van der Waals surface area (Å²) < 4.78 is 59.8. The number of halogens is 2. The minimum atomic E-state index is -4.16. The van der Waals surface area contributed by atoms with Gasteiger partial charge in [-0.1, -0.05) is 0 Å². The Morgan fingerprint density at radius 3 is 2.45 bits per heavy atom. The lowest BCUT2D eigenvalue weighted by Crippen LogP contribution is -2.26. The van der Waals surface area contributed by atoms with E-state index in [0.29, 0.717) is 18.7 Å². The topological polar surface area (TPSA) is 78.6 Å². The molecule has 8 heteroatoms. The molecule has 112 valence electrons. The highest BCUT2D eigenvalue weighted by atomic mass is 32.2. The van der Waals surface area contributed by atoms with Gasteiger partial charge in [-0.3, -0.25) is 0 Å². The van der Waals surface area contributed by atoms with E-state index in [4.69, 9.17) is 14.6 Å². The van der Waals surface area contributed by atoms with Gasteiger partial charge >= 0.3 is 0 Å². The van der Waals surface area contributed by atoms with Crippen LogP contribution in [-0.4, -0.2) is 27.7 Å². The maximum absolute atomic E-state index is 13.7. The van der Waals surface area contributed by atoms with Gasteiger partial charge < -0.3 is 9.47 Å². The van der Waals surface area contributed by atoms with Crippen LogP contribution in [-0.2, 0) is 14.8 Å². The smallest absolute Gasteiger partial charge is 0.238 e. The molecule has 1 aliphatic heterocycles. The van der Waals surface area contributed by atoms with E-state index in [9.17, 15) is 17.2 Å². The SMILES string of the molecule is NS(=O)(=O)c1cc(F)c(OCC2CCCCO2)c(F)c1. The summed E-state index contributed by atoms with van der Waals surface area (Å²) in [5, 5.41) is 4.81. The zero-order valence-electron chi connectivity index (χ0n) is 10.6. The van der Waals surface area contributed by atoms with Crippen molar-refractivity contribution in [1.29, 1.82) is 0 Å². The average Bonchev–Trinajstić information content (AvgIpc) is 2.37. The molecule has 0 aliphatic carbocycles. The van der Waals surface area contributed by atoms with Gasteiger partial charge in [0.2, 0.25) is 10.0 Å². The quantitative estimate of drug-likeness (QED) is 0.915. The summed E-state index contributed by atoms with van der Waals surface area (Å²) >= 11 is 0. The van der Waals surface area contributed by atoms with E-state index in [1.807, 2.05) is 0 Å². The zero-order valence-corrected chi connectivity index (χ0v) is 11.5. The predicted molar refractivity (Wildman–Crippen MR) is 66.8 cm³/mol. The van der Waals surface area contributed by atoms with Crippen molar-refractivity contribution >= 4 is 10.0 Å². The molecule has 0 amide bonds. The van der Waals surface area contributed by atoms with Crippen molar-refractivity contribution in [3.8, 4) is 5.75 Å². The van der Waals surface area contributed by atoms with Gasteiger partial charge in [-0.05, 0) is 31.4 Å². The number of nitrogens with two attached hydrogens (primary N) is 1. The molecule has 0 saturated carbocycles. The summed E-state index contributed by atoms with van der Waals surface area (Å²) in [7, 11) is -4.16. The Labute approximate surface area is 115 Å². The summed E-state index contributed by atoms with van der Waals surface area (Å²) in [5.74, 6) is -2.83. The van der Waals surface area contributed by atoms with Gasteiger partial charge in [0.05, 0.1) is 11.0 Å². The number of ether oxygens (including phenoxy) is 2. The van der Waals surface area contributed by atoms with E-state index >= 15 is 0 Å². The van der Waals surface area contributed by atoms with Gasteiger partial charge in [0.15, 0.2) is 17.4 Å². The highest BCUT2D eigenvalue weighted by Crippen LogP contribution is 2.26. The number of rotatable bonds is 4. The highest BCUT2D eigenvalue weighted by Gasteiger charge is 2.20. The van der Waals surface area contributed by atoms with Crippen molar-refractivity contribution in [3.05, 3.63) is 23.8 Å². The van der Waals surface area contributed by atoms with Crippen LogP contribution in [0.15, 0.2) is 17.0 Å². The first kappa shape index (κ1) is 15.1. The van der Waals surface area contributed by atoms with E-state index in [2.05, 4.69) is 0 Å². The molecular formula is C12H15F2NO4S. The van der Waals surface area contributed by atoms with Crippen LogP contribution in [0.5, 0.6) is 5.75 Å². The molecule has 5 nitrogen and oxygen atoms in total. The third-order valence-corrected chi connectivity index (χ3v) is 3.88. The molecule has 0 radical (unpaired) electrons. The molecule has 1 unspecified atom stereocenters. The molecule has 2 N–H and O–H groups in total. The Kier molecular flexibility index (Phi) is 4.56. The highest BCUT2D eigenvalue weighted by molar-refractivity contribution is 7.89. The van der Waals surface area contributed by atoms with Gasteiger partial charge in [-0.25, -0.2) is 22.3 Å². The number of hydrogen-bond acceptors (Lipinski definition) is 4. The van der Waals surface area contributed by atoms with Gasteiger partial charge in [0.25, 0.3) is 0 Å². The minimum absolute atomic E-state index is 0.0164. The fraction of sp³-hybridized carbons (Fsp3) is 0.500. The molecule has 0 spiro atoms. The van der Waals surface area contributed by atoms with Crippen LogP contribution >= 0.6 is 0 Å². The third kappa shape index (κ3) is 3.65. The predicted octanol–water partition coefficient (Wildman–Crippen LogP) is 1.56. The average molecular weight is 307 g/mol. The molecule has 1 fully saturated rings. The van der Waals surface area contributed by atoms with Crippen LogP contribution in [0.1, 0.15) is 19.3 Å². The Morgan fingerprint density at radius 1 is 1.30 bits per heavy atom. The lowest BCUT2D eigenvalue weighted by Gasteiger charge is -2.22. The molecule has 0 aromatic heterocycles. The fourth-order valence-electron chi connectivity index (χ4n) is 1.95. The van der Waals surface area contributed by atoms with Gasteiger partial charge in [0, 0.05) is 6.61 Å². The molecular weight excluding hydrogens is 292 g/mol. The van der Waals surface area contributed by atoms with Crippen molar-refractivity contribution < 1.29 is 26.7 Å². The maximum atomic E-state index is 13.7. The number of hydrogen-bond donors (Lipinski definition) is 1. The van der Waals surface area contributed by atoms with Crippen molar-refractivity contribution in [2.45, 2.75) is 30.3 Å². The first-order valence-electron chi connectivity index (χ1n) is 6.14. The number of primary sulfonamides is 1. The lowest BCUT2D eigenvalue weighted by atomic mass is 10.1. The summed E-state index contributed by atoms with van der Waals surface area (Å²) in [4.78, 5) is -0.631. The molecule has 20 heavy (non-hydrogen) atoms. The molecule has 2 rings (SSSR count). The van der Waals surface area contributed by atoms with Crippen LogP contribution in [0.4, 0.5) is 8.78 Å². The Bertz CT molecular complexity index is 562.